The number of methoxy groups -OCH3 is 1. The number of benzene rings is 1. The molecule has 3 nitrogen and oxygen atoms in total. The molecule has 0 bridgehead atoms. The predicted octanol–water partition coefficient (Wildman–Crippen LogP) is 2.83. The normalized spacial score (nSPS) is 20.3. The summed E-state index contributed by atoms with van der Waals surface area (Å²) in [5.74, 6) is -0.0926. The third-order valence-electron chi connectivity index (χ3n) is 3.96. The van der Waals surface area contributed by atoms with Gasteiger partial charge in [0, 0.05) is 6.54 Å². The lowest BCUT2D eigenvalue weighted by molar-refractivity contribution is -0.148. The zero-order valence-corrected chi connectivity index (χ0v) is 12.1. The Morgan fingerprint density at radius 1 is 1.37 bits per heavy atom. The first-order valence-electron chi connectivity index (χ1n) is 7.00. The molecule has 1 aromatic rings. The fourth-order valence-corrected chi connectivity index (χ4v) is 2.77. The summed E-state index contributed by atoms with van der Waals surface area (Å²) in [7, 11) is 1.48. The highest BCUT2D eigenvalue weighted by Gasteiger charge is 2.29. The number of carbonyl (C=O) groups excluding carboxylic acids is 1. The topological polar surface area (TPSA) is 29.5 Å². The summed E-state index contributed by atoms with van der Waals surface area (Å²) in [6.07, 6.45) is 3.19. The van der Waals surface area contributed by atoms with Crippen molar-refractivity contribution in [2.75, 3.05) is 13.7 Å². The van der Waals surface area contributed by atoms with Crippen LogP contribution in [-0.2, 0) is 16.1 Å². The van der Waals surface area contributed by atoms with Gasteiger partial charge in [0.15, 0.2) is 0 Å². The Bertz CT molecular complexity index is 456. The Morgan fingerprint density at radius 3 is 2.89 bits per heavy atom. The number of esters is 1. The van der Waals surface area contributed by atoms with E-state index in [9.17, 15) is 4.79 Å². The first-order chi connectivity index (χ1) is 9.11. The van der Waals surface area contributed by atoms with Gasteiger partial charge >= 0.3 is 5.97 Å². The van der Waals surface area contributed by atoms with Crippen LogP contribution < -0.4 is 0 Å². The Morgan fingerprint density at radius 2 is 2.16 bits per heavy atom. The van der Waals surface area contributed by atoms with Gasteiger partial charge in [-0.25, -0.2) is 0 Å². The highest BCUT2D eigenvalue weighted by molar-refractivity contribution is 5.75. The Labute approximate surface area is 115 Å². The zero-order valence-electron chi connectivity index (χ0n) is 12.1. The summed E-state index contributed by atoms with van der Waals surface area (Å²) in [5, 5.41) is 0. The quantitative estimate of drug-likeness (QED) is 0.784. The van der Waals surface area contributed by atoms with Crippen molar-refractivity contribution in [2.45, 2.75) is 45.7 Å². The van der Waals surface area contributed by atoms with E-state index in [0.29, 0.717) is 0 Å². The van der Waals surface area contributed by atoms with Crippen molar-refractivity contribution in [3.05, 3.63) is 34.9 Å². The van der Waals surface area contributed by atoms with Gasteiger partial charge in [0.1, 0.15) is 6.04 Å². The van der Waals surface area contributed by atoms with E-state index in [4.69, 9.17) is 4.74 Å². The molecule has 2 rings (SSSR count). The minimum absolute atomic E-state index is 0.0707. The van der Waals surface area contributed by atoms with Gasteiger partial charge in [0.05, 0.1) is 7.11 Å². The molecule has 1 atom stereocenters. The summed E-state index contributed by atoms with van der Waals surface area (Å²) in [6, 6.07) is 6.44. The average molecular weight is 261 g/mol. The molecule has 0 aliphatic carbocycles. The van der Waals surface area contributed by atoms with E-state index >= 15 is 0 Å². The Hall–Kier alpha value is -1.35. The Balaban J connectivity index is 2.15. The molecule has 1 fully saturated rings. The van der Waals surface area contributed by atoms with Crippen molar-refractivity contribution >= 4 is 5.97 Å². The summed E-state index contributed by atoms with van der Waals surface area (Å²) >= 11 is 0. The molecule has 0 radical (unpaired) electrons. The molecular formula is C16H23NO2. The van der Waals surface area contributed by atoms with Gasteiger partial charge in [-0.2, -0.15) is 0 Å². The van der Waals surface area contributed by atoms with Gasteiger partial charge in [-0.1, -0.05) is 30.2 Å². The van der Waals surface area contributed by atoms with Crippen LogP contribution in [-0.4, -0.2) is 30.6 Å². The first-order valence-corrected chi connectivity index (χ1v) is 7.00. The van der Waals surface area contributed by atoms with Gasteiger partial charge in [0.25, 0.3) is 0 Å². The molecule has 1 aliphatic rings. The second kappa shape index (κ2) is 6.20. The number of ether oxygens (including phenoxy) is 1. The summed E-state index contributed by atoms with van der Waals surface area (Å²) in [4.78, 5) is 14.1. The molecule has 1 saturated heterocycles. The minimum Gasteiger partial charge on any atom is -0.468 e. The lowest BCUT2D eigenvalue weighted by Gasteiger charge is -2.34. The smallest absolute Gasteiger partial charge is 0.323 e. The van der Waals surface area contributed by atoms with E-state index in [0.717, 1.165) is 25.9 Å². The third kappa shape index (κ3) is 3.35. The van der Waals surface area contributed by atoms with Crippen LogP contribution in [0.2, 0.25) is 0 Å². The van der Waals surface area contributed by atoms with Crippen molar-refractivity contribution in [2.24, 2.45) is 0 Å². The van der Waals surface area contributed by atoms with Crippen molar-refractivity contribution in [1.29, 1.82) is 0 Å². The number of carbonyl (C=O) groups is 1. The van der Waals surface area contributed by atoms with Crippen LogP contribution in [0.25, 0.3) is 0 Å². The van der Waals surface area contributed by atoms with Crippen LogP contribution in [0.5, 0.6) is 0 Å². The van der Waals surface area contributed by atoms with Gasteiger partial charge < -0.3 is 4.74 Å². The van der Waals surface area contributed by atoms with Crippen molar-refractivity contribution in [1.82, 2.24) is 4.90 Å². The highest BCUT2D eigenvalue weighted by Crippen LogP contribution is 2.22. The molecule has 0 unspecified atom stereocenters. The molecule has 19 heavy (non-hydrogen) atoms. The summed E-state index contributed by atoms with van der Waals surface area (Å²) < 4.78 is 4.93. The summed E-state index contributed by atoms with van der Waals surface area (Å²) in [5.41, 5.74) is 3.88. The molecule has 0 amide bonds. The summed E-state index contributed by atoms with van der Waals surface area (Å²) in [6.45, 7) is 6.06. The largest absolute Gasteiger partial charge is 0.468 e. The number of hydrogen-bond acceptors (Lipinski definition) is 3. The van der Waals surface area contributed by atoms with Crippen LogP contribution in [0.1, 0.15) is 36.0 Å². The fraction of sp³-hybridized carbons (Fsp3) is 0.562. The monoisotopic (exact) mass is 261 g/mol. The lowest BCUT2D eigenvalue weighted by Crippen LogP contribution is -2.44. The van der Waals surface area contributed by atoms with Crippen LogP contribution in [0.15, 0.2) is 18.2 Å². The molecule has 104 valence electrons. The van der Waals surface area contributed by atoms with Crippen molar-refractivity contribution in [3.8, 4) is 0 Å². The molecule has 0 N–H and O–H groups in total. The van der Waals surface area contributed by atoms with E-state index < -0.39 is 0 Å². The first kappa shape index (κ1) is 14.1. The Kier molecular flexibility index (Phi) is 4.59. The van der Waals surface area contributed by atoms with Gasteiger partial charge in [-0.05, 0) is 44.4 Å². The van der Waals surface area contributed by atoms with E-state index in [1.54, 1.807) is 0 Å². The van der Waals surface area contributed by atoms with Crippen molar-refractivity contribution in [3.63, 3.8) is 0 Å². The minimum atomic E-state index is -0.0926. The van der Waals surface area contributed by atoms with Gasteiger partial charge in [-0.3, -0.25) is 9.69 Å². The van der Waals surface area contributed by atoms with Crippen LogP contribution in [0, 0.1) is 13.8 Å². The molecule has 0 saturated carbocycles. The third-order valence-corrected chi connectivity index (χ3v) is 3.96. The predicted molar refractivity (Wildman–Crippen MR) is 76.0 cm³/mol. The second-order valence-corrected chi connectivity index (χ2v) is 5.44. The standard InChI is InChI=1S/C16H23NO2/c1-12-7-8-13(2)14(10-12)11-17-9-5-4-6-15(17)16(18)19-3/h7-8,10,15H,4-6,9,11H2,1-3H3/t15-/m1/s1. The average Bonchev–Trinajstić information content (AvgIpc) is 2.42. The highest BCUT2D eigenvalue weighted by atomic mass is 16.5. The number of nitrogens with zero attached hydrogens (tertiary/aromatic N) is 1. The fourth-order valence-electron chi connectivity index (χ4n) is 2.77. The maximum Gasteiger partial charge on any atom is 0.323 e. The lowest BCUT2D eigenvalue weighted by atomic mass is 9.99. The molecule has 3 heteroatoms. The van der Waals surface area contributed by atoms with E-state index in [1.807, 2.05) is 0 Å². The van der Waals surface area contributed by atoms with Gasteiger partial charge in [0.2, 0.25) is 0 Å². The molecule has 1 heterocycles. The number of piperidine rings is 1. The molecule has 0 spiro atoms. The molecular weight excluding hydrogens is 238 g/mol. The van der Waals surface area contributed by atoms with E-state index in [1.165, 1.54) is 30.2 Å². The second-order valence-electron chi connectivity index (χ2n) is 5.44. The van der Waals surface area contributed by atoms with Crippen LogP contribution in [0.4, 0.5) is 0 Å². The number of hydrogen-bond donors (Lipinski definition) is 0. The molecule has 0 aromatic heterocycles. The SMILES string of the molecule is COC(=O)[C@H]1CCCCN1Cc1cc(C)ccc1C. The number of aryl methyl sites for hydroxylation is 2. The van der Waals surface area contributed by atoms with Crippen LogP contribution in [0.3, 0.4) is 0 Å². The zero-order chi connectivity index (χ0) is 13.8. The maximum atomic E-state index is 11.9. The molecule has 1 aromatic carbocycles. The van der Waals surface area contributed by atoms with Crippen LogP contribution >= 0.6 is 0 Å². The van der Waals surface area contributed by atoms with E-state index in [2.05, 4.69) is 36.9 Å². The van der Waals surface area contributed by atoms with E-state index in [-0.39, 0.29) is 12.0 Å². The number of likely N-dealkylation sites (tertiary alicyclic amines) is 1. The van der Waals surface area contributed by atoms with Gasteiger partial charge in [-0.15, -0.1) is 0 Å². The van der Waals surface area contributed by atoms with Crippen molar-refractivity contribution < 1.29 is 9.53 Å². The molecule has 1 aliphatic heterocycles. The maximum absolute atomic E-state index is 11.9. The number of rotatable bonds is 3.